The van der Waals surface area contributed by atoms with E-state index in [-0.39, 0.29) is 11.3 Å². The van der Waals surface area contributed by atoms with Gasteiger partial charge in [-0.1, -0.05) is 26.0 Å². The molecule has 0 unspecified atom stereocenters. The van der Waals surface area contributed by atoms with E-state index in [1.54, 1.807) is 12.0 Å². The lowest BCUT2D eigenvalue weighted by Gasteiger charge is -2.29. The first-order valence-electron chi connectivity index (χ1n) is 6.45. The number of carbonyl (C=O) groups excluding carboxylic acids is 1. The van der Waals surface area contributed by atoms with E-state index < -0.39 is 0 Å². The van der Waals surface area contributed by atoms with Gasteiger partial charge in [0.05, 0.1) is 13.5 Å². The number of likely N-dealkylation sites (N-methyl/N-ethyl adjacent to an activating group) is 1. The van der Waals surface area contributed by atoms with Crippen molar-refractivity contribution < 1.29 is 9.53 Å². The Morgan fingerprint density at radius 2 is 1.89 bits per heavy atom. The highest BCUT2D eigenvalue weighted by molar-refractivity contribution is 5.78. The zero-order valence-electron chi connectivity index (χ0n) is 12.3. The molecule has 4 nitrogen and oxygen atoms in total. The van der Waals surface area contributed by atoms with E-state index in [9.17, 15) is 4.79 Å². The van der Waals surface area contributed by atoms with Crippen molar-refractivity contribution in [3.63, 3.8) is 0 Å². The van der Waals surface area contributed by atoms with Gasteiger partial charge in [0.2, 0.25) is 5.91 Å². The summed E-state index contributed by atoms with van der Waals surface area (Å²) in [6, 6.07) is 7.57. The van der Waals surface area contributed by atoms with Gasteiger partial charge in [-0.25, -0.2) is 0 Å². The van der Waals surface area contributed by atoms with Crippen molar-refractivity contribution in [2.45, 2.75) is 20.3 Å². The maximum atomic E-state index is 12.1. The minimum absolute atomic E-state index is 0.0513. The number of nitrogens with two attached hydrogens (primary N) is 1. The number of rotatable bonds is 6. The van der Waals surface area contributed by atoms with Crippen LogP contribution in [0.15, 0.2) is 24.3 Å². The van der Waals surface area contributed by atoms with Crippen molar-refractivity contribution in [3.05, 3.63) is 29.8 Å². The van der Waals surface area contributed by atoms with Gasteiger partial charge >= 0.3 is 0 Å². The largest absolute Gasteiger partial charge is 0.497 e. The molecule has 0 aliphatic carbocycles. The summed E-state index contributed by atoms with van der Waals surface area (Å²) in [4.78, 5) is 13.9. The molecule has 0 bridgehead atoms. The molecule has 1 aromatic rings. The summed E-state index contributed by atoms with van der Waals surface area (Å²) < 4.78 is 5.09. The average Bonchev–Trinajstić information content (AvgIpc) is 2.39. The molecule has 1 aromatic carbocycles. The Bertz CT molecular complexity index is 413. The maximum absolute atomic E-state index is 12.1. The first kappa shape index (κ1) is 15.5. The smallest absolute Gasteiger partial charge is 0.226 e. The number of hydrogen-bond acceptors (Lipinski definition) is 3. The van der Waals surface area contributed by atoms with Crippen LogP contribution in [0.5, 0.6) is 5.75 Å². The molecule has 0 atom stereocenters. The van der Waals surface area contributed by atoms with Crippen LogP contribution in [0, 0.1) is 5.41 Å². The second kappa shape index (κ2) is 6.57. The zero-order valence-corrected chi connectivity index (χ0v) is 12.3. The van der Waals surface area contributed by atoms with E-state index in [2.05, 4.69) is 13.8 Å². The Kier molecular flexibility index (Phi) is 5.36. The van der Waals surface area contributed by atoms with Crippen LogP contribution < -0.4 is 10.5 Å². The third-order valence-corrected chi connectivity index (χ3v) is 3.16. The number of methoxy groups -OCH3 is 1. The SMILES string of the molecule is COc1ccc(CC(=O)N(C)CC(C)(C)CN)cc1. The van der Waals surface area contributed by atoms with Crippen LogP contribution in [0.4, 0.5) is 0 Å². The highest BCUT2D eigenvalue weighted by atomic mass is 16.5. The summed E-state index contributed by atoms with van der Waals surface area (Å²) in [5.74, 6) is 0.903. The first-order valence-corrected chi connectivity index (χ1v) is 6.45. The van der Waals surface area contributed by atoms with Crippen molar-refractivity contribution in [2.75, 3.05) is 27.2 Å². The van der Waals surface area contributed by atoms with E-state index in [0.717, 1.165) is 11.3 Å². The highest BCUT2D eigenvalue weighted by Gasteiger charge is 2.21. The number of benzene rings is 1. The molecule has 106 valence electrons. The minimum atomic E-state index is -0.0513. The fourth-order valence-electron chi connectivity index (χ4n) is 1.85. The molecular weight excluding hydrogens is 240 g/mol. The van der Waals surface area contributed by atoms with E-state index in [0.29, 0.717) is 19.5 Å². The van der Waals surface area contributed by atoms with Gasteiger partial charge in [0.1, 0.15) is 5.75 Å². The van der Waals surface area contributed by atoms with Gasteiger partial charge in [-0.15, -0.1) is 0 Å². The molecule has 2 N–H and O–H groups in total. The molecule has 0 aliphatic rings. The highest BCUT2D eigenvalue weighted by Crippen LogP contribution is 2.16. The Morgan fingerprint density at radius 3 is 2.37 bits per heavy atom. The van der Waals surface area contributed by atoms with Crippen molar-refractivity contribution in [1.82, 2.24) is 4.90 Å². The van der Waals surface area contributed by atoms with Crippen LogP contribution in [0.1, 0.15) is 19.4 Å². The molecule has 1 amide bonds. The number of ether oxygens (including phenoxy) is 1. The molecule has 0 aromatic heterocycles. The van der Waals surface area contributed by atoms with Crippen LogP contribution in [-0.4, -0.2) is 38.1 Å². The first-order chi connectivity index (χ1) is 8.88. The summed E-state index contributed by atoms with van der Waals surface area (Å²) in [5.41, 5.74) is 6.63. The van der Waals surface area contributed by atoms with Gasteiger partial charge in [0.25, 0.3) is 0 Å². The van der Waals surface area contributed by atoms with E-state index >= 15 is 0 Å². The van der Waals surface area contributed by atoms with Crippen molar-refractivity contribution in [3.8, 4) is 5.75 Å². The molecule has 0 heterocycles. The molecule has 1 rings (SSSR count). The van der Waals surface area contributed by atoms with E-state index in [4.69, 9.17) is 10.5 Å². The topological polar surface area (TPSA) is 55.6 Å². The number of carbonyl (C=O) groups is 1. The quantitative estimate of drug-likeness (QED) is 0.850. The Hall–Kier alpha value is -1.55. The molecular formula is C15H24N2O2. The maximum Gasteiger partial charge on any atom is 0.226 e. The lowest BCUT2D eigenvalue weighted by Crippen LogP contribution is -2.40. The van der Waals surface area contributed by atoms with Crippen LogP contribution in [0.2, 0.25) is 0 Å². The molecule has 0 saturated carbocycles. The third kappa shape index (κ3) is 4.91. The van der Waals surface area contributed by atoms with Gasteiger partial charge in [-0.2, -0.15) is 0 Å². The normalized spacial score (nSPS) is 11.2. The molecule has 0 aliphatic heterocycles. The van der Waals surface area contributed by atoms with Crippen LogP contribution in [0.3, 0.4) is 0 Å². The van der Waals surface area contributed by atoms with Gasteiger partial charge in [0.15, 0.2) is 0 Å². The van der Waals surface area contributed by atoms with Crippen LogP contribution >= 0.6 is 0 Å². The van der Waals surface area contributed by atoms with Gasteiger partial charge in [-0.3, -0.25) is 4.79 Å². The lowest BCUT2D eigenvalue weighted by atomic mass is 9.93. The Morgan fingerprint density at radius 1 is 1.32 bits per heavy atom. The van der Waals surface area contributed by atoms with E-state index in [1.165, 1.54) is 0 Å². The van der Waals surface area contributed by atoms with Crippen LogP contribution in [-0.2, 0) is 11.2 Å². The second-order valence-corrected chi connectivity index (χ2v) is 5.64. The van der Waals surface area contributed by atoms with E-state index in [1.807, 2.05) is 31.3 Å². The minimum Gasteiger partial charge on any atom is -0.497 e. The second-order valence-electron chi connectivity index (χ2n) is 5.64. The van der Waals surface area contributed by atoms with Crippen molar-refractivity contribution >= 4 is 5.91 Å². The predicted octanol–water partition coefficient (Wildman–Crippen LogP) is 1.68. The predicted molar refractivity (Wildman–Crippen MR) is 77.2 cm³/mol. The molecule has 0 saturated heterocycles. The fraction of sp³-hybridized carbons (Fsp3) is 0.533. The third-order valence-electron chi connectivity index (χ3n) is 3.16. The molecule has 19 heavy (non-hydrogen) atoms. The molecule has 0 radical (unpaired) electrons. The summed E-state index contributed by atoms with van der Waals surface area (Å²) in [6.07, 6.45) is 0.404. The van der Waals surface area contributed by atoms with Gasteiger partial charge < -0.3 is 15.4 Å². The molecule has 0 spiro atoms. The van der Waals surface area contributed by atoms with Crippen LogP contribution in [0.25, 0.3) is 0 Å². The zero-order chi connectivity index (χ0) is 14.5. The number of nitrogens with zero attached hydrogens (tertiary/aromatic N) is 1. The molecule has 4 heteroatoms. The Balaban J connectivity index is 2.58. The summed E-state index contributed by atoms with van der Waals surface area (Å²) >= 11 is 0. The average molecular weight is 264 g/mol. The lowest BCUT2D eigenvalue weighted by molar-refractivity contribution is -0.130. The number of amides is 1. The summed E-state index contributed by atoms with van der Waals surface area (Å²) in [7, 11) is 3.45. The number of hydrogen-bond donors (Lipinski definition) is 1. The standard InChI is InChI=1S/C15H24N2O2/c1-15(2,10-16)11-17(3)14(18)9-12-5-7-13(19-4)8-6-12/h5-8H,9-11,16H2,1-4H3. The van der Waals surface area contributed by atoms with Gasteiger partial charge in [-0.05, 0) is 29.7 Å². The monoisotopic (exact) mass is 264 g/mol. The van der Waals surface area contributed by atoms with Crippen molar-refractivity contribution in [2.24, 2.45) is 11.1 Å². The summed E-state index contributed by atoms with van der Waals surface area (Å²) in [6.45, 7) is 5.35. The Labute approximate surface area is 115 Å². The fourth-order valence-corrected chi connectivity index (χ4v) is 1.85. The van der Waals surface area contributed by atoms with Gasteiger partial charge in [0, 0.05) is 13.6 Å². The molecule has 0 fully saturated rings. The van der Waals surface area contributed by atoms with Crippen molar-refractivity contribution in [1.29, 1.82) is 0 Å². The summed E-state index contributed by atoms with van der Waals surface area (Å²) in [5, 5.41) is 0.